The predicted molar refractivity (Wildman–Crippen MR) is 202 cm³/mol. The van der Waals surface area contributed by atoms with Gasteiger partial charge < -0.3 is 4.90 Å². The minimum Gasteiger partial charge on any atom is -0.322 e. The first kappa shape index (κ1) is 34.2. The largest absolute Gasteiger partial charge is 0.322 e. The van der Waals surface area contributed by atoms with Gasteiger partial charge in [-0.1, -0.05) is 47.7 Å². The highest BCUT2D eigenvalue weighted by Gasteiger charge is 2.39. The van der Waals surface area contributed by atoms with Crippen LogP contribution in [0.5, 0.6) is 0 Å². The average molecular weight is 738 g/mol. The molecule has 3 aromatic heterocycles. The van der Waals surface area contributed by atoms with Crippen LogP contribution in [0.3, 0.4) is 0 Å². The number of nitrogens with one attached hydrogen (secondary N) is 1. The number of aryl methyl sites for hydroxylation is 2. The van der Waals surface area contributed by atoms with Crippen LogP contribution in [0.2, 0.25) is 5.02 Å². The van der Waals surface area contributed by atoms with E-state index in [4.69, 9.17) is 16.6 Å². The van der Waals surface area contributed by atoms with Crippen LogP contribution in [-0.4, -0.2) is 54.1 Å². The van der Waals surface area contributed by atoms with Crippen molar-refractivity contribution in [1.29, 1.82) is 0 Å². The van der Waals surface area contributed by atoms with E-state index in [0.717, 1.165) is 73.5 Å². The summed E-state index contributed by atoms with van der Waals surface area (Å²) in [5.74, 6) is 13.8. The van der Waals surface area contributed by atoms with Gasteiger partial charge in [-0.15, -0.1) is 21.5 Å². The minimum atomic E-state index is -0.647. The summed E-state index contributed by atoms with van der Waals surface area (Å²) >= 11 is 7.80. The fourth-order valence-electron chi connectivity index (χ4n) is 6.91. The molecule has 0 saturated carbocycles. The van der Waals surface area contributed by atoms with Gasteiger partial charge in [0.15, 0.2) is 5.82 Å². The van der Waals surface area contributed by atoms with Crippen LogP contribution in [0, 0.1) is 37.5 Å². The number of nitrogens with zero attached hydrogens (tertiary/aromatic N) is 6. The second-order valence-corrected chi connectivity index (χ2v) is 14.5. The molecule has 3 amide bonds. The van der Waals surface area contributed by atoms with Gasteiger partial charge in [0.1, 0.15) is 29.1 Å². The summed E-state index contributed by atoms with van der Waals surface area (Å²) in [6.45, 7) is 4.76. The van der Waals surface area contributed by atoms with E-state index in [1.165, 1.54) is 0 Å². The number of rotatable bonds is 5. The molecule has 6 heterocycles. The lowest BCUT2D eigenvalue weighted by Gasteiger charge is -2.29. The number of halogens is 1. The van der Waals surface area contributed by atoms with Crippen molar-refractivity contribution in [1.82, 2.24) is 30.0 Å². The summed E-state index contributed by atoms with van der Waals surface area (Å²) in [6.07, 6.45) is 4.75. The predicted octanol–water partition coefficient (Wildman–Crippen LogP) is 5.88. The van der Waals surface area contributed by atoms with Gasteiger partial charge in [-0.05, 0) is 92.0 Å². The Bertz CT molecular complexity index is 2480. The first-order valence-corrected chi connectivity index (χ1v) is 18.5. The van der Waals surface area contributed by atoms with Gasteiger partial charge in [0.2, 0.25) is 11.8 Å². The Balaban J connectivity index is 0.928. The Kier molecular flexibility index (Phi) is 9.21. The summed E-state index contributed by atoms with van der Waals surface area (Å²) in [7, 11) is 0. The topological polar surface area (TPSA) is 122 Å². The molecule has 0 aliphatic carbocycles. The second-order valence-electron chi connectivity index (χ2n) is 13.1. The summed E-state index contributed by atoms with van der Waals surface area (Å²) < 4.78 is 2.08. The van der Waals surface area contributed by atoms with Crippen LogP contribution in [0.15, 0.2) is 65.8 Å². The molecular weight excluding hydrogens is 706 g/mol. The summed E-state index contributed by atoms with van der Waals surface area (Å²) in [6, 6.07) is 16.6. The number of fused-ring (bicyclic) bond motifs is 4. The van der Waals surface area contributed by atoms with Crippen molar-refractivity contribution < 1.29 is 14.4 Å². The van der Waals surface area contributed by atoms with Crippen LogP contribution >= 0.6 is 22.9 Å². The van der Waals surface area contributed by atoms with Crippen LogP contribution in [-0.2, 0) is 29.1 Å². The van der Waals surface area contributed by atoms with Crippen molar-refractivity contribution in [2.75, 3.05) is 0 Å². The molecule has 262 valence electrons. The molecule has 12 heteroatoms. The zero-order valence-corrected chi connectivity index (χ0v) is 30.6. The number of unbranched alkanes of at least 4 members (excludes halogenated alkanes) is 1. The normalized spacial score (nSPS) is 16.0. The number of carbonyl (C=O) groups excluding carboxylic acids is 3. The molecule has 1 unspecified atom stereocenters. The Hall–Kier alpha value is -5.88. The number of hydrogen-bond acceptors (Lipinski definition) is 8. The zero-order chi connectivity index (χ0) is 36.6. The lowest BCUT2D eigenvalue weighted by Crippen LogP contribution is -2.52. The van der Waals surface area contributed by atoms with Gasteiger partial charge in [-0.2, -0.15) is 0 Å². The molecule has 0 spiro atoms. The number of imide groups is 1. The van der Waals surface area contributed by atoms with Crippen molar-refractivity contribution in [2.24, 2.45) is 4.99 Å². The first-order valence-electron chi connectivity index (χ1n) is 17.3. The lowest BCUT2D eigenvalue weighted by atomic mass is 10.00. The molecule has 0 radical (unpaired) electrons. The maximum Gasteiger partial charge on any atom is 0.255 e. The monoisotopic (exact) mass is 737 g/mol. The molecule has 8 rings (SSSR count). The Labute approximate surface area is 315 Å². The highest BCUT2D eigenvalue weighted by molar-refractivity contribution is 7.15. The summed E-state index contributed by atoms with van der Waals surface area (Å²) in [5, 5.41) is 12.7. The van der Waals surface area contributed by atoms with Crippen LogP contribution in [0.1, 0.15) is 91.6 Å². The molecule has 0 bridgehead atoms. The van der Waals surface area contributed by atoms with E-state index in [1.807, 2.05) is 55.6 Å². The van der Waals surface area contributed by atoms with E-state index in [2.05, 4.69) is 61.7 Å². The standard InChI is InChI=1S/C41H32ClN7O3S/c1-24-34(53-41-37(24)38(28-12-14-29(42)15-13-28)44-22-35-47-46-25(2)49(35)41)19-17-30-16-11-26(21-43-30)7-4-3-5-8-27-9-6-10-31-32(27)23-48(40(31)52)33-18-20-36(50)45-39(33)51/h6,9-16,21,33H,3-4,7,18,20,22-23H2,1-2H3,(H,45,50,51). The quantitative estimate of drug-likeness (QED) is 0.137. The number of amides is 3. The second kappa shape index (κ2) is 14.3. The number of benzene rings is 2. The van der Waals surface area contributed by atoms with E-state index in [-0.39, 0.29) is 18.2 Å². The molecule has 3 aliphatic heterocycles. The third kappa shape index (κ3) is 6.66. The number of pyridine rings is 1. The third-order valence-corrected chi connectivity index (χ3v) is 11.1. The summed E-state index contributed by atoms with van der Waals surface area (Å²) in [4.78, 5) is 49.2. The number of aromatic nitrogens is 4. The van der Waals surface area contributed by atoms with E-state index < -0.39 is 11.9 Å². The third-order valence-electron chi connectivity index (χ3n) is 9.66. The Morgan fingerprint density at radius 1 is 1.00 bits per heavy atom. The number of carbonyl (C=O) groups is 3. The fourth-order valence-corrected chi connectivity index (χ4v) is 8.26. The summed E-state index contributed by atoms with van der Waals surface area (Å²) in [5.41, 5.74) is 7.90. The molecule has 1 fully saturated rings. The van der Waals surface area contributed by atoms with Crippen molar-refractivity contribution in [2.45, 2.75) is 65.1 Å². The molecule has 1 atom stereocenters. The molecule has 10 nitrogen and oxygen atoms in total. The van der Waals surface area contributed by atoms with Gasteiger partial charge in [-0.25, -0.2) is 4.98 Å². The average Bonchev–Trinajstić information content (AvgIpc) is 3.76. The molecule has 53 heavy (non-hydrogen) atoms. The van der Waals surface area contributed by atoms with Crippen molar-refractivity contribution in [3.63, 3.8) is 0 Å². The van der Waals surface area contributed by atoms with Gasteiger partial charge in [0.25, 0.3) is 5.91 Å². The minimum absolute atomic E-state index is 0.197. The molecular formula is C41H32ClN7O3S. The highest BCUT2D eigenvalue weighted by Crippen LogP contribution is 2.36. The zero-order valence-electron chi connectivity index (χ0n) is 29.0. The maximum atomic E-state index is 13.1. The molecule has 1 N–H and O–H groups in total. The highest BCUT2D eigenvalue weighted by atomic mass is 35.5. The number of hydrogen-bond donors (Lipinski definition) is 1. The first-order chi connectivity index (χ1) is 25.7. The Morgan fingerprint density at radius 3 is 2.64 bits per heavy atom. The van der Waals surface area contributed by atoms with Crippen molar-refractivity contribution >= 4 is 46.4 Å². The van der Waals surface area contributed by atoms with Crippen LogP contribution in [0.4, 0.5) is 0 Å². The number of aliphatic imine (C=N–C) groups is 1. The number of thiophene rings is 1. The molecule has 1 saturated heterocycles. The van der Waals surface area contributed by atoms with E-state index >= 15 is 0 Å². The molecule has 5 aromatic rings. The van der Waals surface area contributed by atoms with Crippen molar-refractivity contribution in [3.8, 4) is 28.7 Å². The van der Waals surface area contributed by atoms with E-state index in [1.54, 1.807) is 22.3 Å². The SMILES string of the molecule is Cc1c(C#Cc2ccc(CCCC#Cc3cccc4c3CN(C3CCC(=O)NC3=O)C4=O)cn2)sc2c1C(c1ccc(Cl)cc1)=NCc1nnc(C)n1-2. The number of piperidine rings is 1. The molecule has 2 aromatic carbocycles. The van der Waals surface area contributed by atoms with Gasteiger partial charge in [0, 0.05) is 52.9 Å². The van der Waals surface area contributed by atoms with Crippen molar-refractivity contribution in [3.05, 3.63) is 127 Å². The van der Waals surface area contributed by atoms with Gasteiger partial charge >= 0.3 is 0 Å². The van der Waals surface area contributed by atoms with Crippen LogP contribution in [0.25, 0.3) is 5.00 Å². The molecule has 3 aliphatic rings. The van der Waals surface area contributed by atoms with Crippen LogP contribution < -0.4 is 5.32 Å². The fraction of sp³-hybridized carbons (Fsp3) is 0.244. The van der Waals surface area contributed by atoms with E-state index in [9.17, 15) is 14.4 Å². The van der Waals surface area contributed by atoms with Gasteiger partial charge in [-0.3, -0.25) is 29.3 Å². The maximum absolute atomic E-state index is 13.1. The van der Waals surface area contributed by atoms with Gasteiger partial charge in [0.05, 0.1) is 10.6 Å². The van der Waals surface area contributed by atoms with E-state index in [0.29, 0.717) is 42.2 Å². The Morgan fingerprint density at radius 2 is 1.85 bits per heavy atom. The smallest absolute Gasteiger partial charge is 0.255 e. The lowest BCUT2D eigenvalue weighted by molar-refractivity contribution is -0.136.